The summed E-state index contributed by atoms with van der Waals surface area (Å²) in [7, 11) is 0. The summed E-state index contributed by atoms with van der Waals surface area (Å²) in [5.74, 6) is 1.42. The molecule has 0 radical (unpaired) electrons. The van der Waals surface area contributed by atoms with Gasteiger partial charge in [0.1, 0.15) is 0 Å². The molecule has 0 aromatic heterocycles. The van der Waals surface area contributed by atoms with Crippen LogP contribution in [0.3, 0.4) is 0 Å². The molecule has 1 aliphatic rings. The van der Waals surface area contributed by atoms with Gasteiger partial charge in [-0.05, 0) is 18.3 Å². The number of unbranched alkanes of at least 4 members (excludes halogenated alkanes) is 6. The number of carbonyl (C=O) groups is 1. The van der Waals surface area contributed by atoms with Gasteiger partial charge < -0.3 is 5.11 Å². The molecule has 1 N–H and O–H groups in total. The smallest absolute Gasteiger partial charge is 0.303 e. The van der Waals surface area contributed by atoms with Crippen LogP contribution in [0.15, 0.2) is 0 Å². The van der Waals surface area contributed by atoms with Crippen LogP contribution in [-0.4, -0.2) is 11.1 Å². The largest absolute Gasteiger partial charge is 0.481 e. The molecule has 1 fully saturated rings. The molecule has 2 nitrogen and oxygen atoms in total. The summed E-state index contributed by atoms with van der Waals surface area (Å²) in [6.07, 6.45) is 17.7. The summed E-state index contributed by atoms with van der Waals surface area (Å²) in [4.78, 5) is 10.4. The Hall–Kier alpha value is -0.530. The van der Waals surface area contributed by atoms with Gasteiger partial charge in [-0.2, -0.15) is 0 Å². The molecule has 0 aromatic carbocycles. The number of aliphatic carboxylic acids is 1. The maximum Gasteiger partial charge on any atom is 0.303 e. The second kappa shape index (κ2) is 11.2. The lowest BCUT2D eigenvalue weighted by Crippen LogP contribution is -2.07. The predicted molar refractivity (Wildman–Crippen MR) is 84.9 cm³/mol. The molecule has 0 bridgehead atoms. The molecule has 0 saturated heterocycles. The van der Waals surface area contributed by atoms with Crippen molar-refractivity contribution >= 4 is 5.97 Å². The van der Waals surface area contributed by atoms with Crippen LogP contribution in [0.1, 0.15) is 96.8 Å². The Balaban J connectivity index is 1.88. The summed E-state index contributed by atoms with van der Waals surface area (Å²) < 4.78 is 0. The van der Waals surface area contributed by atoms with E-state index in [0.29, 0.717) is 6.42 Å². The maximum atomic E-state index is 10.4. The molecule has 1 aliphatic carbocycles. The number of hydrogen-bond acceptors (Lipinski definition) is 1. The summed E-state index contributed by atoms with van der Waals surface area (Å²) in [5, 5.41) is 8.55. The molecule has 0 heterocycles. The van der Waals surface area contributed by atoms with E-state index in [-0.39, 0.29) is 0 Å². The minimum atomic E-state index is -0.650. The van der Waals surface area contributed by atoms with Crippen molar-refractivity contribution in [2.75, 3.05) is 0 Å². The van der Waals surface area contributed by atoms with E-state index in [0.717, 1.165) is 24.7 Å². The number of carboxylic acids is 1. The molecule has 1 saturated carbocycles. The van der Waals surface area contributed by atoms with Crippen LogP contribution in [0.5, 0.6) is 0 Å². The second-order valence-corrected chi connectivity index (χ2v) is 6.65. The number of rotatable bonds is 12. The van der Waals surface area contributed by atoms with Gasteiger partial charge in [0.2, 0.25) is 0 Å². The SMILES string of the molecule is CCC[C@@H]1CCC[C@H]1CCCCCCCCCC(=O)O. The van der Waals surface area contributed by atoms with E-state index in [9.17, 15) is 4.79 Å². The van der Waals surface area contributed by atoms with E-state index < -0.39 is 5.97 Å². The summed E-state index contributed by atoms with van der Waals surface area (Å²) in [5.41, 5.74) is 0. The Kier molecular flexibility index (Phi) is 9.78. The van der Waals surface area contributed by atoms with Crippen molar-refractivity contribution in [3.63, 3.8) is 0 Å². The lowest BCUT2D eigenvalue weighted by atomic mass is 9.87. The van der Waals surface area contributed by atoms with Crippen LogP contribution >= 0.6 is 0 Å². The summed E-state index contributed by atoms with van der Waals surface area (Å²) in [6.45, 7) is 2.32. The van der Waals surface area contributed by atoms with Crippen molar-refractivity contribution in [2.24, 2.45) is 11.8 Å². The van der Waals surface area contributed by atoms with Crippen LogP contribution in [0.4, 0.5) is 0 Å². The second-order valence-electron chi connectivity index (χ2n) is 6.65. The van der Waals surface area contributed by atoms with Crippen LogP contribution in [-0.2, 0) is 4.79 Å². The zero-order valence-corrected chi connectivity index (χ0v) is 13.4. The standard InChI is InChI=1S/C18H34O2/c1-2-11-16-13-10-14-17(16)12-8-6-4-3-5-7-9-15-18(19)20/h16-17H,2-15H2,1H3,(H,19,20)/t16-,17-/m1/s1. The Bertz CT molecular complexity index is 250. The van der Waals surface area contributed by atoms with Crippen LogP contribution in [0, 0.1) is 11.8 Å². The third-order valence-corrected chi connectivity index (χ3v) is 4.94. The fraction of sp³-hybridized carbons (Fsp3) is 0.944. The van der Waals surface area contributed by atoms with Crippen molar-refractivity contribution in [3.8, 4) is 0 Å². The molecule has 0 aliphatic heterocycles. The molecule has 2 atom stereocenters. The minimum Gasteiger partial charge on any atom is -0.481 e. The van der Waals surface area contributed by atoms with Gasteiger partial charge in [0.25, 0.3) is 0 Å². The highest BCUT2D eigenvalue weighted by Gasteiger charge is 2.25. The highest BCUT2D eigenvalue weighted by Crippen LogP contribution is 2.38. The quantitative estimate of drug-likeness (QED) is 0.459. The topological polar surface area (TPSA) is 37.3 Å². The maximum absolute atomic E-state index is 10.4. The first-order valence-electron chi connectivity index (χ1n) is 8.95. The number of hydrogen-bond donors (Lipinski definition) is 1. The first-order valence-corrected chi connectivity index (χ1v) is 8.95. The molecular weight excluding hydrogens is 248 g/mol. The zero-order chi connectivity index (χ0) is 14.6. The van der Waals surface area contributed by atoms with Gasteiger partial charge >= 0.3 is 5.97 Å². The minimum absolute atomic E-state index is 0.348. The third-order valence-electron chi connectivity index (χ3n) is 4.94. The zero-order valence-electron chi connectivity index (χ0n) is 13.4. The fourth-order valence-electron chi connectivity index (χ4n) is 3.81. The highest BCUT2D eigenvalue weighted by atomic mass is 16.4. The highest BCUT2D eigenvalue weighted by molar-refractivity contribution is 5.66. The molecule has 0 spiro atoms. The first-order chi connectivity index (χ1) is 9.74. The molecule has 2 heteroatoms. The van der Waals surface area contributed by atoms with Crippen LogP contribution in [0.2, 0.25) is 0 Å². The monoisotopic (exact) mass is 282 g/mol. The van der Waals surface area contributed by atoms with Crippen molar-refractivity contribution in [3.05, 3.63) is 0 Å². The molecule has 0 aromatic rings. The van der Waals surface area contributed by atoms with Crippen molar-refractivity contribution in [1.29, 1.82) is 0 Å². The Morgan fingerprint density at radius 2 is 1.45 bits per heavy atom. The molecule has 118 valence electrons. The average molecular weight is 282 g/mol. The van der Waals surface area contributed by atoms with E-state index in [2.05, 4.69) is 6.92 Å². The molecule has 1 rings (SSSR count). The van der Waals surface area contributed by atoms with E-state index in [1.54, 1.807) is 0 Å². The van der Waals surface area contributed by atoms with E-state index in [1.165, 1.54) is 70.6 Å². The Labute approximate surface area is 125 Å². The lowest BCUT2D eigenvalue weighted by molar-refractivity contribution is -0.137. The lowest BCUT2D eigenvalue weighted by Gasteiger charge is -2.18. The normalized spacial score (nSPS) is 22.2. The van der Waals surface area contributed by atoms with Gasteiger partial charge in [0.15, 0.2) is 0 Å². The van der Waals surface area contributed by atoms with Gasteiger partial charge in [-0.3, -0.25) is 4.79 Å². The molecule has 0 unspecified atom stereocenters. The van der Waals surface area contributed by atoms with E-state index >= 15 is 0 Å². The first kappa shape index (κ1) is 17.5. The van der Waals surface area contributed by atoms with Gasteiger partial charge in [0.05, 0.1) is 0 Å². The van der Waals surface area contributed by atoms with Crippen molar-refractivity contribution in [1.82, 2.24) is 0 Å². The van der Waals surface area contributed by atoms with Gasteiger partial charge in [-0.25, -0.2) is 0 Å². The van der Waals surface area contributed by atoms with Crippen LogP contribution < -0.4 is 0 Å². The fourth-order valence-corrected chi connectivity index (χ4v) is 3.81. The summed E-state index contributed by atoms with van der Waals surface area (Å²) in [6, 6.07) is 0. The van der Waals surface area contributed by atoms with Crippen molar-refractivity contribution in [2.45, 2.75) is 96.8 Å². The van der Waals surface area contributed by atoms with E-state index in [4.69, 9.17) is 5.11 Å². The molecule has 0 amide bonds. The van der Waals surface area contributed by atoms with Gasteiger partial charge in [0, 0.05) is 6.42 Å². The van der Waals surface area contributed by atoms with Gasteiger partial charge in [-0.15, -0.1) is 0 Å². The third kappa shape index (κ3) is 7.91. The van der Waals surface area contributed by atoms with Gasteiger partial charge in [-0.1, -0.05) is 84.0 Å². The average Bonchev–Trinajstić information content (AvgIpc) is 2.84. The number of carboxylic acid groups (broad SMARTS) is 1. The summed E-state index contributed by atoms with van der Waals surface area (Å²) >= 11 is 0. The Morgan fingerprint density at radius 3 is 2.05 bits per heavy atom. The van der Waals surface area contributed by atoms with E-state index in [1.807, 2.05) is 0 Å². The Morgan fingerprint density at radius 1 is 0.900 bits per heavy atom. The van der Waals surface area contributed by atoms with Crippen LogP contribution in [0.25, 0.3) is 0 Å². The molecular formula is C18H34O2. The van der Waals surface area contributed by atoms with Crippen molar-refractivity contribution < 1.29 is 9.90 Å². The molecule has 20 heavy (non-hydrogen) atoms. The predicted octanol–water partition coefficient (Wildman–Crippen LogP) is 5.80.